The Morgan fingerprint density at radius 1 is 1.04 bits per heavy atom. The van der Waals surface area contributed by atoms with Gasteiger partial charge in [0.05, 0.1) is 20.3 Å². The molecule has 2 aromatic carbocycles. The molecule has 0 saturated carbocycles. The summed E-state index contributed by atoms with van der Waals surface area (Å²) in [6, 6.07) is 10.3. The molecule has 0 radical (unpaired) electrons. The predicted octanol–water partition coefficient (Wildman–Crippen LogP) is 2.50. The van der Waals surface area contributed by atoms with Crippen molar-refractivity contribution in [3.05, 3.63) is 70.8 Å². The molecule has 1 saturated heterocycles. The van der Waals surface area contributed by atoms with E-state index in [0.29, 0.717) is 61.1 Å². The van der Waals surface area contributed by atoms with Crippen LogP contribution in [0.25, 0.3) is 5.78 Å². The van der Waals surface area contributed by atoms with Crippen molar-refractivity contribution < 1.29 is 33.3 Å². The number of rotatable bonds is 5. The van der Waals surface area contributed by atoms with Crippen LogP contribution in [0.4, 0.5) is 0 Å². The first-order chi connectivity index (χ1) is 23.7. The fraction of sp³-hybridized carbons (Fsp3) is 0.429. The zero-order valence-corrected chi connectivity index (χ0v) is 28.2. The maximum atomic E-state index is 13.6. The van der Waals surface area contributed by atoms with Gasteiger partial charge in [-0.25, -0.2) is 9.50 Å². The quantitative estimate of drug-likeness (QED) is 0.323. The summed E-state index contributed by atoms with van der Waals surface area (Å²) in [5.41, 5.74) is 4.34. The largest absolute Gasteiger partial charge is 0.496 e. The summed E-state index contributed by atoms with van der Waals surface area (Å²) in [5.74, 6) is 2.00. The van der Waals surface area contributed by atoms with E-state index in [4.69, 9.17) is 18.9 Å². The summed E-state index contributed by atoms with van der Waals surface area (Å²) < 4.78 is 25.1. The molecule has 14 heteroatoms. The first-order valence-electron chi connectivity index (χ1n) is 16.3. The van der Waals surface area contributed by atoms with Crippen LogP contribution in [0.5, 0.6) is 23.0 Å². The fourth-order valence-corrected chi connectivity index (χ4v) is 6.38. The second-order valence-corrected chi connectivity index (χ2v) is 12.2. The highest BCUT2D eigenvalue weighted by Crippen LogP contribution is 2.30. The lowest BCUT2D eigenvalue weighted by Gasteiger charge is -2.39. The molecule has 0 unspecified atom stereocenters. The molecule has 3 amide bonds. The van der Waals surface area contributed by atoms with Crippen molar-refractivity contribution in [1.29, 1.82) is 0 Å². The third kappa shape index (κ3) is 7.68. The van der Waals surface area contributed by atoms with Gasteiger partial charge in [-0.15, -0.1) is 0 Å². The second-order valence-electron chi connectivity index (χ2n) is 12.2. The summed E-state index contributed by atoms with van der Waals surface area (Å²) in [6.45, 7) is 4.58. The summed E-state index contributed by atoms with van der Waals surface area (Å²) in [5, 5.41) is 10.3. The third-order valence-electron chi connectivity index (χ3n) is 9.08. The van der Waals surface area contributed by atoms with Crippen LogP contribution in [-0.2, 0) is 33.8 Å². The van der Waals surface area contributed by atoms with E-state index in [2.05, 4.69) is 25.7 Å². The lowest BCUT2D eigenvalue weighted by Crippen LogP contribution is -2.58. The van der Waals surface area contributed by atoms with E-state index in [-0.39, 0.29) is 43.7 Å². The van der Waals surface area contributed by atoms with Crippen LogP contribution in [0.3, 0.4) is 0 Å². The Morgan fingerprint density at radius 3 is 2.69 bits per heavy atom. The van der Waals surface area contributed by atoms with E-state index in [1.54, 1.807) is 34.7 Å². The molecule has 0 spiro atoms. The number of ether oxygens (including phenoxy) is 4. The molecule has 3 aliphatic heterocycles. The number of hydrogen-bond donors (Lipinski definition) is 2. The Morgan fingerprint density at radius 2 is 1.88 bits per heavy atom. The summed E-state index contributed by atoms with van der Waals surface area (Å²) >= 11 is 0. The first-order valence-corrected chi connectivity index (χ1v) is 16.3. The normalized spacial score (nSPS) is 18.6. The Labute approximate surface area is 284 Å². The van der Waals surface area contributed by atoms with Gasteiger partial charge in [0, 0.05) is 61.9 Å². The van der Waals surface area contributed by atoms with Crippen LogP contribution in [0, 0.1) is 13.8 Å². The molecule has 1 fully saturated rings. The van der Waals surface area contributed by atoms with Gasteiger partial charge in [-0.2, -0.15) is 10.1 Å². The number of nitrogens with one attached hydrogen (secondary N) is 2. The molecule has 3 aliphatic rings. The molecule has 5 heterocycles. The highest BCUT2D eigenvalue weighted by Gasteiger charge is 2.34. The minimum absolute atomic E-state index is 0.0356. The van der Waals surface area contributed by atoms with Gasteiger partial charge in [0.2, 0.25) is 11.8 Å². The molecule has 2 N–H and O–H groups in total. The van der Waals surface area contributed by atoms with Crippen molar-refractivity contribution >= 4 is 23.5 Å². The zero-order valence-electron chi connectivity index (χ0n) is 28.2. The Balaban J connectivity index is 1.21. The van der Waals surface area contributed by atoms with Crippen molar-refractivity contribution in [2.45, 2.75) is 64.6 Å². The topological polar surface area (TPSA) is 159 Å². The van der Waals surface area contributed by atoms with E-state index < -0.39 is 12.1 Å². The number of likely N-dealkylation sites (tertiary alicyclic amines) is 1. The van der Waals surface area contributed by atoms with Crippen LogP contribution in [0.15, 0.2) is 42.7 Å². The van der Waals surface area contributed by atoms with Gasteiger partial charge in [-0.05, 0) is 62.1 Å². The number of fused-ring (bicyclic) bond motifs is 10. The van der Waals surface area contributed by atoms with Gasteiger partial charge in [0.1, 0.15) is 23.9 Å². The van der Waals surface area contributed by atoms with Gasteiger partial charge in [0.15, 0.2) is 18.1 Å². The molecule has 4 bridgehead atoms. The van der Waals surface area contributed by atoms with Crippen LogP contribution in [0.1, 0.15) is 47.3 Å². The lowest BCUT2D eigenvalue weighted by atomic mass is 10.00. The average molecular weight is 672 g/mol. The van der Waals surface area contributed by atoms with Crippen molar-refractivity contribution in [3.8, 4) is 23.0 Å². The van der Waals surface area contributed by atoms with Crippen LogP contribution >= 0.6 is 0 Å². The van der Waals surface area contributed by atoms with E-state index in [1.807, 2.05) is 32.0 Å². The van der Waals surface area contributed by atoms with Crippen LogP contribution in [-0.4, -0.2) is 88.3 Å². The Bertz CT molecular complexity index is 1860. The highest BCUT2D eigenvalue weighted by molar-refractivity contribution is 5.79. The minimum atomic E-state index is -0.522. The number of hydrogen-bond acceptors (Lipinski definition) is 10. The summed E-state index contributed by atoms with van der Waals surface area (Å²) in [4.78, 5) is 50.1. The maximum Gasteiger partial charge on any atom is 0.258 e. The van der Waals surface area contributed by atoms with Gasteiger partial charge in [-0.1, -0.05) is 6.07 Å². The van der Waals surface area contributed by atoms with Crippen molar-refractivity contribution in [2.75, 3.05) is 33.9 Å². The Kier molecular flexibility index (Phi) is 10.1. The second kappa shape index (κ2) is 14.8. The number of nitrogens with zero attached hydrogens (tertiary/aromatic N) is 5. The number of carbonyl (C=O) groups is 3. The molecule has 4 aromatic rings. The summed E-state index contributed by atoms with van der Waals surface area (Å²) in [6.07, 6.45) is 3.01. The molecule has 2 atom stereocenters. The number of benzene rings is 2. The van der Waals surface area contributed by atoms with Gasteiger partial charge >= 0.3 is 0 Å². The summed E-state index contributed by atoms with van der Waals surface area (Å²) in [7, 11) is 3.09. The third-order valence-corrected chi connectivity index (χ3v) is 9.08. The molecule has 7 rings (SSSR count). The Hall–Kier alpha value is -5.40. The van der Waals surface area contributed by atoms with Crippen LogP contribution in [0.2, 0.25) is 0 Å². The van der Waals surface area contributed by atoms with Crippen molar-refractivity contribution in [2.24, 2.45) is 0 Å². The first kappa shape index (κ1) is 33.5. The average Bonchev–Trinajstić information content (AvgIpc) is 3.58. The smallest absolute Gasteiger partial charge is 0.258 e. The molecule has 49 heavy (non-hydrogen) atoms. The molecule has 14 nitrogen and oxygen atoms in total. The molecule has 258 valence electrons. The number of piperidine rings is 1. The SMILES string of the molecule is COc1cc2ccc1CNC(=O)CCc1ccc(OC)c(c1)OCC(=O)N[C@@H]1CN(C(=O)CCc3c(C)nc4ncnn4c3C)CC[C@@H]1O2. The van der Waals surface area contributed by atoms with Crippen molar-refractivity contribution in [3.63, 3.8) is 0 Å². The van der Waals surface area contributed by atoms with E-state index in [9.17, 15) is 14.4 Å². The molecular formula is C35H41N7O7. The number of aryl methyl sites for hydroxylation is 3. The van der Waals surface area contributed by atoms with E-state index in [1.165, 1.54) is 13.4 Å². The predicted molar refractivity (Wildman–Crippen MR) is 178 cm³/mol. The standard InChI is InChI=1S/C35H41N7O7/c1-21-26(22(2)42-35(39-21)37-20-38-42)9-12-34(45)41-14-13-28-27(18-41)40-33(44)19-48-31-15-23(5-10-29(31)46-3)6-11-32(43)36-17-24-7-8-25(49-28)16-30(24)47-4/h5,7-8,10,15-16,20,27-28H,6,9,11-14,17-19H2,1-4H3,(H,36,43)(H,40,44)/t27-,28+/m1/s1. The fourth-order valence-electron chi connectivity index (χ4n) is 6.38. The van der Waals surface area contributed by atoms with E-state index in [0.717, 1.165) is 28.1 Å². The van der Waals surface area contributed by atoms with Crippen LogP contribution < -0.4 is 29.6 Å². The molecule has 0 aliphatic carbocycles. The highest BCUT2D eigenvalue weighted by atomic mass is 16.5. The number of amides is 3. The molecular weight excluding hydrogens is 630 g/mol. The number of carbonyl (C=O) groups excluding carboxylic acids is 3. The van der Waals surface area contributed by atoms with Gasteiger partial charge in [-0.3, -0.25) is 14.4 Å². The van der Waals surface area contributed by atoms with E-state index >= 15 is 0 Å². The number of aromatic nitrogens is 4. The van der Waals surface area contributed by atoms with Crippen molar-refractivity contribution in [1.82, 2.24) is 35.1 Å². The minimum Gasteiger partial charge on any atom is -0.496 e. The van der Waals surface area contributed by atoms with Gasteiger partial charge < -0.3 is 34.5 Å². The number of methoxy groups -OCH3 is 2. The lowest BCUT2D eigenvalue weighted by molar-refractivity contribution is -0.135. The zero-order chi connectivity index (χ0) is 34.5. The maximum absolute atomic E-state index is 13.6. The van der Waals surface area contributed by atoms with Gasteiger partial charge in [0.25, 0.3) is 11.7 Å². The molecule has 2 aromatic heterocycles. The monoisotopic (exact) mass is 671 g/mol.